The molecule has 3 amide bonds. The normalized spacial score (nSPS) is 13.1. The van der Waals surface area contributed by atoms with Crippen molar-refractivity contribution < 1.29 is 18.8 Å². The van der Waals surface area contributed by atoms with Gasteiger partial charge in [-0.05, 0) is 24.6 Å². The Balaban J connectivity index is 2.79. The lowest BCUT2D eigenvalue weighted by atomic mass is 10.0. The van der Waals surface area contributed by atoms with Gasteiger partial charge >= 0.3 is 0 Å². The molecule has 2 atom stereocenters. The minimum atomic E-state index is -0.866. The lowest BCUT2D eigenvalue weighted by molar-refractivity contribution is -0.130. The van der Waals surface area contributed by atoms with Gasteiger partial charge in [-0.2, -0.15) is 0 Å². The second-order valence-corrected chi connectivity index (χ2v) is 4.72. The highest BCUT2D eigenvalue weighted by molar-refractivity contribution is 5.91. The Labute approximate surface area is 121 Å². The molecule has 0 unspecified atom stereocenters. The van der Waals surface area contributed by atoms with E-state index in [1.54, 1.807) is 0 Å². The molecule has 0 saturated heterocycles. The predicted octanol–water partition coefficient (Wildman–Crippen LogP) is -0.137. The van der Waals surface area contributed by atoms with Crippen LogP contribution < -0.4 is 16.4 Å². The number of hydrogen-bond acceptors (Lipinski definition) is 3. The van der Waals surface area contributed by atoms with Crippen molar-refractivity contribution in [1.29, 1.82) is 0 Å². The molecule has 0 fully saturated rings. The van der Waals surface area contributed by atoms with Crippen LogP contribution >= 0.6 is 0 Å². The van der Waals surface area contributed by atoms with E-state index in [-0.39, 0.29) is 18.1 Å². The van der Waals surface area contributed by atoms with E-state index >= 15 is 0 Å². The number of hydrogen-bond donors (Lipinski definition) is 3. The molecule has 0 bridgehead atoms. The SMILES string of the molecule is CC(=O)N[C@H](Cc1ccc(F)cc1)C(=O)N[C@H](C)C(N)=O. The van der Waals surface area contributed by atoms with Crippen LogP contribution in [0.4, 0.5) is 4.39 Å². The second-order valence-electron chi connectivity index (χ2n) is 4.72. The minimum absolute atomic E-state index is 0.178. The van der Waals surface area contributed by atoms with Crippen LogP contribution in [0.1, 0.15) is 19.4 Å². The Morgan fingerprint density at radius 2 is 1.76 bits per heavy atom. The fraction of sp³-hybridized carbons (Fsp3) is 0.357. The molecule has 1 rings (SSSR count). The Kier molecular flexibility index (Phi) is 5.83. The summed E-state index contributed by atoms with van der Waals surface area (Å²) in [4.78, 5) is 34.2. The molecule has 6 nitrogen and oxygen atoms in total. The zero-order chi connectivity index (χ0) is 16.0. The van der Waals surface area contributed by atoms with E-state index in [2.05, 4.69) is 10.6 Å². The molecule has 0 aliphatic carbocycles. The molecule has 114 valence electrons. The number of amides is 3. The largest absolute Gasteiger partial charge is 0.368 e. The molecule has 0 aromatic heterocycles. The van der Waals surface area contributed by atoms with Crippen LogP contribution in [0.3, 0.4) is 0 Å². The monoisotopic (exact) mass is 295 g/mol. The van der Waals surface area contributed by atoms with Crippen LogP contribution in [0, 0.1) is 5.82 Å². The summed E-state index contributed by atoms with van der Waals surface area (Å²) in [6, 6.07) is 3.87. The van der Waals surface area contributed by atoms with E-state index in [4.69, 9.17) is 5.73 Å². The number of primary amides is 1. The lowest BCUT2D eigenvalue weighted by Crippen LogP contribution is -2.52. The standard InChI is InChI=1S/C14H18FN3O3/c1-8(13(16)20)17-14(21)12(18-9(2)19)7-10-3-5-11(15)6-4-10/h3-6,8,12H,7H2,1-2H3,(H2,16,20)(H,17,21)(H,18,19)/t8-,12-/m1/s1. The van der Waals surface area contributed by atoms with Crippen molar-refractivity contribution in [3.05, 3.63) is 35.6 Å². The zero-order valence-corrected chi connectivity index (χ0v) is 11.9. The van der Waals surface area contributed by atoms with Gasteiger partial charge in [0, 0.05) is 13.3 Å². The van der Waals surface area contributed by atoms with Gasteiger partial charge < -0.3 is 16.4 Å². The van der Waals surface area contributed by atoms with Gasteiger partial charge in [0.1, 0.15) is 17.9 Å². The summed E-state index contributed by atoms with van der Waals surface area (Å²) in [7, 11) is 0. The van der Waals surface area contributed by atoms with Crippen molar-refractivity contribution in [2.75, 3.05) is 0 Å². The lowest BCUT2D eigenvalue weighted by Gasteiger charge is -2.19. The van der Waals surface area contributed by atoms with Crippen molar-refractivity contribution in [1.82, 2.24) is 10.6 Å². The average Bonchev–Trinajstić information content (AvgIpc) is 2.39. The van der Waals surface area contributed by atoms with Crippen molar-refractivity contribution >= 4 is 17.7 Å². The summed E-state index contributed by atoms with van der Waals surface area (Å²) < 4.78 is 12.9. The van der Waals surface area contributed by atoms with Gasteiger partial charge in [-0.1, -0.05) is 12.1 Å². The Hall–Kier alpha value is -2.44. The highest BCUT2D eigenvalue weighted by Gasteiger charge is 2.22. The summed E-state index contributed by atoms with van der Waals surface area (Å²) in [6.07, 6.45) is 0.178. The maximum Gasteiger partial charge on any atom is 0.243 e. The second kappa shape index (κ2) is 7.37. The van der Waals surface area contributed by atoms with Gasteiger partial charge in [-0.3, -0.25) is 14.4 Å². The highest BCUT2D eigenvalue weighted by Crippen LogP contribution is 2.06. The molecule has 0 saturated carbocycles. The molecular weight excluding hydrogens is 277 g/mol. The third kappa shape index (κ3) is 5.60. The van der Waals surface area contributed by atoms with Gasteiger partial charge in [-0.15, -0.1) is 0 Å². The first-order valence-corrected chi connectivity index (χ1v) is 6.41. The maximum atomic E-state index is 12.9. The molecule has 0 spiro atoms. The summed E-state index contributed by atoms with van der Waals surface area (Å²) in [5, 5.41) is 4.90. The summed E-state index contributed by atoms with van der Waals surface area (Å²) in [5.74, 6) is -1.97. The number of nitrogens with one attached hydrogen (secondary N) is 2. The quantitative estimate of drug-likeness (QED) is 0.681. The molecular formula is C14H18FN3O3. The van der Waals surface area contributed by atoms with E-state index < -0.39 is 23.9 Å². The Morgan fingerprint density at radius 1 is 1.19 bits per heavy atom. The summed E-state index contributed by atoms with van der Waals surface area (Å²) >= 11 is 0. The van der Waals surface area contributed by atoms with Crippen LogP contribution in [0.5, 0.6) is 0 Å². The molecule has 7 heteroatoms. The van der Waals surface area contributed by atoms with Crippen LogP contribution in [0.25, 0.3) is 0 Å². The van der Waals surface area contributed by atoms with E-state index in [0.717, 1.165) is 0 Å². The Morgan fingerprint density at radius 3 is 2.24 bits per heavy atom. The smallest absolute Gasteiger partial charge is 0.243 e. The first kappa shape index (κ1) is 16.6. The first-order chi connectivity index (χ1) is 9.79. The Bertz CT molecular complexity index is 531. The topological polar surface area (TPSA) is 101 Å². The molecule has 1 aromatic carbocycles. The van der Waals surface area contributed by atoms with Crippen LogP contribution in [-0.4, -0.2) is 29.8 Å². The third-order valence-electron chi connectivity index (χ3n) is 2.83. The molecule has 0 radical (unpaired) electrons. The fourth-order valence-electron chi connectivity index (χ4n) is 1.70. The minimum Gasteiger partial charge on any atom is -0.368 e. The van der Waals surface area contributed by atoms with Gasteiger partial charge in [0.05, 0.1) is 0 Å². The predicted molar refractivity (Wildman–Crippen MR) is 74.5 cm³/mol. The van der Waals surface area contributed by atoms with Crippen molar-refractivity contribution in [3.63, 3.8) is 0 Å². The number of benzene rings is 1. The van der Waals surface area contributed by atoms with E-state index in [1.807, 2.05) is 0 Å². The third-order valence-corrected chi connectivity index (χ3v) is 2.83. The van der Waals surface area contributed by atoms with E-state index in [0.29, 0.717) is 5.56 Å². The van der Waals surface area contributed by atoms with Crippen LogP contribution in [-0.2, 0) is 20.8 Å². The fourth-order valence-corrected chi connectivity index (χ4v) is 1.70. The molecule has 0 aliphatic heterocycles. The van der Waals surface area contributed by atoms with Crippen LogP contribution in [0.2, 0.25) is 0 Å². The highest BCUT2D eigenvalue weighted by atomic mass is 19.1. The number of nitrogens with two attached hydrogens (primary N) is 1. The number of halogens is 1. The number of carbonyl (C=O) groups is 3. The zero-order valence-electron chi connectivity index (χ0n) is 11.9. The van der Waals surface area contributed by atoms with E-state index in [9.17, 15) is 18.8 Å². The molecule has 1 aromatic rings. The average molecular weight is 295 g/mol. The first-order valence-electron chi connectivity index (χ1n) is 6.41. The van der Waals surface area contributed by atoms with Crippen molar-refractivity contribution in [2.45, 2.75) is 32.4 Å². The van der Waals surface area contributed by atoms with Gasteiger partial charge in [0.15, 0.2) is 0 Å². The summed E-state index contributed by atoms with van der Waals surface area (Å²) in [6.45, 7) is 2.73. The van der Waals surface area contributed by atoms with Gasteiger partial charge in [-0.25, -0.2) is 4.39 Å². The molecule has 0 heterocycles. The van der Waals surface area contributed by atoms with Gasteiger partial charge in [0.2, 0.25) is 17.7 Å². The van der Waals surface area contributed by atoms with Crippen molar-refractivity contribution in [3.8, 4) is 0 Å². The van der Waals surface area contributed by atoms with Crippen LogP contribution in [0.15, 0.2) is 24.3 Å². The molecule has 21 heavy (non-hydrogen) atoms. The number of rotatable bonds is 6. The van der Waals surface area contributed by atoms with Crippen molar-refractivity contribution in [2.24, 2.45) is 5.73 Å². The van der Waals surface area contributed by atoms with Gasteiger partial charge in [0.25, 0.3) is 0 Å². The number of carbonyl (C=O) groups excluding carboxylic acids is 3. The molecule has 0 aliphatic rings. The van der Waals surface area contributed by atoms with E-state index in [1.165, 1.54) is 38.1 Å². The molecule has 4 N–H and O–H groups in total. The summed E-state index contributed by atoms with van der Waals surface area (Å²) in [5.41, 5.74) is 5.75. The maximum absolute atomic E-state index is 12.9.